The maximum absolute atomic E-state index is 11.0. The second-order valence-electron chi connectivity index (χ2n) is 8.61. The summed E-state index contributed by atoms with van der Waals surface area (Å²) in [5.74, 6) is 1.45. The third kappa shape index (κ3) is 4.81. The molecule has 1 aliphatic carbocycles. The van der Waals surface area contributed by atoms with E-state index < -0.39 is 6.10 Å². The van der Waals surface area contributed by atoms with E-state index in [1.54, 1.807) is 7.11 Å². The normalized spacial score (nSPS) is 25.3. The zero-order valence-electron chi connectivity index (χ0n) is 17.7. The number of unbranched alkanes of at least 4 members (excludes halogenated alkanes) is 3. The zero-order chi connectivity index (χ0) is 20.2. The lowest BCUT2D eigenvalue weighted by Crippen LogP contribution is -2.46. The van der Waals surface area contributed by atoms with Crippen LogP contribution in [0.3, 0.4) is 0 Å². The molecule has 2 heterocycles. The molecule has 4 rings (SSSR count). The van der Waals surface area contributed by atoms with Crippen LogP contribution in [-0.4, -0.2) is 51.3 Å². The van der Waals surface area contributed by atoms with Gasteiger partial charge in [-0.3, -0.25) is 4.90 Å². The van der Waals surface area contributed by atoms with Gasteiger partial charge in [0.2, 0.25) is 0 Å². The van der Waals surface area contributed by atoms with Gasteiger partial charge in [-0.25, -0.2) is 4.68 Å². The molecular weight excluding hydrogens is 364 g/mol. The van der Waals surface area contributed by atoms with Crippen molar-refractivity contribution in [3.8, 4) is 5.75 Å². The van der Waals surface area contributed by atoms with Crippen LogP contribution in [-0.2, 0) is 0 Å². The van der Waals surface area contributed by atoms with Crippen LogP contribution in [0.1, 0.15) is 81.1 Å². The van der Waals surface area contributed by atoms with Crippen LogP contribution < -0.4 is 4.74 Å². The molecule has 3 unspecified atom stereocenters. The molecule has 1 aliphatic heterocycles. The molecule has 1 aromatic heterocycles. The monoisotopic (exact) mass is 398 g/mol. The predicted molar refractivity (Wildman–Crippen MR) is 113 cm³/mol. The summed E-state index contributed by atoms with van der Waals surface area (Å²) in [7, 11) is 1.69. The van der Waals surface area contributed by atoms with E-state index in [1.807, 2.05) is 16.8 Å². The molecule has 1 saturated heterocycles. The second kappa shape index (κ2) is 9.26. The predicted octanol–water partition coefficient (Wildman–Crippen LogP) is 4.09. The number of rotatable bonds is 9. The molecule has 0 spiro atoms. The summed E-state index contributed by atoms with van der Waals surface area (Å²) in [6.07, 6.45) is 9.75. The Morgan fingerprint density at radius 3 is 2.62 bits per heavy atom. The number of nitrogens with zero attached hydrogens (tertiary/aromatic N) is 4. The third-order valence-electron chi connectivity index (χ3n) is 6.43. The van der Waals surface area contributed by atoms with Crippen LogP contribution in [0.5, 0.6) is 5.75 Å². The number of aliphatic hydroxyl groups excluding tert-OH is 1. The van der Waals surface area contributed by atoms with E-state index in [2.05, 4.69) is 40.5 Å². The highest BCUT2D eigenvalue weighted by atomic mass is 16.5. The van der Waals surface area contributed by atoms with Crippen LogP contribution in [0.25, 0.3) is 0 Å². The quantitative estimate of drug-likeness (QED) is 0.645. The van der Waals surface area contributed by atoms with Crippen molar-refractivity contribution in [1.82, 2.24) is 19.9 Å². The van der Waals surface area contributed by atoms with Crippen molar-refractivity contribution >= 4 is 0 Å². The minimum Gasteiger partial charge on any atom is -0.497 e. The number of aromatic nitrogens is 3. The molecule has 0 radical (unpaired) electrons. The van der Waals surface area contributed by atoms with Crippen LogP contribution in [0, 0.1) is 0 Å². The zero-order valence-corrected chi connectivity index (χ0v) is 17.7. The standard InChI is InChI=1S/C23H34N4O2/c1-3-4-5-6-13-26-16-22(27-15-20(24-25-27)17-7-8-17)23(28)14-21(26)18-9-11-19(29-2)12-10-18/h9-12,15,17,21-23,28H,3-8,13-14,16H2,1-2H3. The van der Waals surface area contributed by atoms with E-state index in [0.29, 0.717) is 12.3 Å². The van der Waals surface area contributed by atoms with E-state index >= 15 is 0 Å². The van der Waals surface area contributed by atoms with E-state index in [9.17, 15) is 5.11 Å². The Morgan fingerprint density at radius 2 is 1.93 bits per heavy atom. The summed E-state index contributed by atoms with van der Waals surface area (Å²) in [6.45, 7) is 4.09. The highest BCUT2D eigenvalue weighted by Crippen LogP contribution is 2.40. The minimum atomic E-state index is -0.428. The number of ether oxygens (including phenoxy) is 1. The van der Waals surface area contributed by atoms with Crippen LogP contribution in [0.4, 0.5) is 0 Å². The van der Waals surface area contributed by atoms with Gasteiger partial charge in [-0.05, 0) is 49.9 Å². The first kappa shape index (κ1) is 20.4. The van der Waals surface area contributed by atoms with Crippen molar-refractivity contribution in [3.63, 3.8) is 0 Å². The Hall–Kier alpha value is -1.92. The van der Waals surface area contributed by atoms with Gasteiger partial charge in [0.15, 0.2) is 0 Å². The number of benzene rings is 1. The first-order valence-corrected chi connectivity index (χ1v) is 11.2. The Morgan fingerprint density at radius 1 is 1.14 bits per heavy atom. The molecule has 6 nitrogen and oxygen atoms in total. The SMILES string of the molecule is CCCCCCN1CC(n2cc(C3CC3)nn2)C(O)CC1c1ccc(OC)cc1. The average molecular weight is 399 g/mol. The lowest BCUT2D eigenvalue weighted by molar-refractivity contribution is -0.00776. The summed E-state index contributed by atoms with van der Waals surface area (Å²) < 4.78 is 7.23. The highest BCUT2D eigenvalue weighted by molar-refractivity contribution is 5.29. The fourth-order valence-electron chi connectivity index (χ4n) is 4.46. The molecule has 3 atom stereocenters. The molecule has 0 bridgehead atoms. The molecule has 2 aromatic rings. The Balaban J connectivity index is 1.50. The maximum Gasteiger partial charge on any atom is 0.118 e. The van der Waals surface area contributed by atoms with Gasteiger partial charge in [-0.1, -0.05) is 43.5 Å². The van der Waals surface area contributed by atoms with Crippen LogP contribution >= 0.6 is 0 Å². The van der Waals surface area contributed by atoms with Gasteiger partial charge in [-0.2, -0.15) is 0 Å². The van der Waals surface area contributed by atoms with Crippen LogP contribution in [0.15, 0.2) is 30.5 Å². The molecule has 29 heavy (non-hydrogen) atoms. The molecule has 1 N–H and O–H groups in total. The van der Waals surface area contributed by atoms with Gasteiger partial charge in [0, 0.05) is 24.7 Å². The van der Waals surface area contributed by atoms with Gasteiger partial charge in [0.1, 0.15) is 5.75 Å². The van der Waals surface area contributed by atoms with E-state index in [-0.39, 0.29) is 12.1 Å². The number of hydrogen-bond donors (Lipinski definition) is 1. The van der Waals surface area contributed by atoms with Crippen molar-refractivity contribution in [1.29, 1.82) is 0 Å². The van der Waals surface area contributed by atoms with E-state index in [0.717, 1.165) is 24.5 Å². The van der Waals surface area contributed by atoms with Crippen LogP contribution in [0.2, 0.25) is 0 Å². The lowest BCUT2D eigenvalue weighted by atomic mass is 9.90. The van der Waals surface area contributed by atoms with Gasteiger partial charge < -0.3 is 9.84 Å². The Bertz CT molecular complexity index is 771. The first-order chi connectivity index (χ1) is 14.2. The van der Waals surface area contributed by atoms with Gasteiger partial charge in [0.05, 0.1) is 24.9 Å². The van der Waals surface area contributed by atoms with Gasteiger partial charge >= 0.3 is 0 Å². The number of piperidine rings is 1. The fraction of sp³-hybridized carbons (Fsp3) is 0.652. The third-order valence-corrected chi connectivity index (χ3v) is 6.43. The number of likely N-dealkylation sites (tertiary alicyclic amines) is 1. The molecule has 158 valence electrons. The van der Waals surface area contributed by atoms with Crippen molar-refractivity contribution < 1.29 is 9.84 Å². The van der Waals surface area contributed by atoms with Gasteiger partial charge in [0.25, 0.3) is 0 Å². The van der Waals surface area contributed by atoms with Crippen molar-refractivity contribution in [2.24, 2.45) is 0 Å². The fourth-order valence-corrected chi connectivity index (χ4v) is 4.46. The smallest absolute Gasteiger partial charge is 0.118 e. The highest BCUT2D eigenvalue weighted by Gasteiger charge is 2.37. The molecular formula is C23H34N4O2. The lowest BCUT2D eigenvalue weighted by Gasteiger charge is -2.42. The maximum atomic E-state index is 11.0. The summed E-state index contributed by atoms with van der Waals surface area (Å²) in [4.78, 5) is 2.54. The minimum absolute atomic E-state index is 0.0318. The second-order valence-corrected chi connectivity index (χ2v) is 8.61. The summed E-state index contributed by atoms with van der Waals surface area (Å²) in [6, 6.07) is 8.49. The van der Waals surface area contributed by atoms with E-state index in [1.165, 1.54) is 44.1 Å². The molecule has 0 amide bonds. The Kier molecular flexibility index (Phi) is 6.50. The summed E-state index contributed by atoms with van der Waals surface area (Å²) in [5.41, 5.74) is 2.33. The average Bonchev–Trinajstić information content (AvgIpc) is 3.49. The molecule has 2 fully saturated rings. The number of hydrogen-bond acceptors (Lipinski definition) is 5. The van der Waals surface area contributed by atoms with Gasteiger partial charge in [-0.15, -0.1) is 5.10 Å². The first-order valence-electron chi connectivity index (χ1n) is 11.2. The molecule has 2 aliphatic rings. The Labute approximate surface area is 173 Å². The topological polar surface area (TPSA) is 63.4 Å². The van der Waals surface area contributed by atoms with Crippen molar-refractivity contribution in [3.05, 3.63) is 41.7 Å². The molecule has 1 aromatic carbocycles. The largest absolute Gasteiger partial charge is 0.497 e. The molecule has 1 saturated carbocycles. The van der Waals surface area contributed by atoms with E-state index in [4.69, 9.17) is 4.74 Å². The summed E-state index contributed by atoms with van der Waals surface area (Å²) in [5, 5.41) is 19.8. The number of aliphatic hydroxyl groups is 1. The summed E-state index contributed by atoms with van der Waals surface area (Å²) >= 11 is 0. The number of methoxy groups -OCH3 is 1. The van der Waals surface area contributed by atoms with Crippen molar-refractivity contribution in [2.75, 3.05) is 20.2 Å². The van der Waals surface area contributed by atoms with Crippen molar-refractivity contribution in [2.45, 2.75) is 76.0 Å². The molecule has 6 heteroatoms.